The van der Waals surface area contributed by atoms with E-state index in [2.05, 4.69) is 34.8 Å². The number of imidazole rings is 1. The van der Waals surface area contributed by atoms with Crippen LogP contribution in [0.25, 0.3) is 28.2 Å². The molecule has 0 aliphatic heterocycles. The molecular formula is C16H12N8. The second kappa shape index (κ2) is 4.98. The predicted octanol–water partition coefficient (Wildman–Crippen LogP) is 1.91. The second-order valence-electron chi connectivity index (χ2n) is 5.40. The number of rotatable bonds is 3. The monoisotopic (exact) mass is 316 g/mol. The van der Waals surface area contributed by atoms with Gasteiger partial charge in [0, 0.05) is 24.0 Å². The van der Waals surface area contributed by atoms with Crippen molar-refractivity contribution < 1.29 is 0 Å². The number of nitrogens with one attached hydrogen (secondary N) is 1. The number of hydrogen-bond donors (Lipinski definition) is 1. The molecule has 8 heteroatoms. The third-order valence-electron chi connectivity index (χ3n) is 3.98. The van der Waals surface area contributed by atoms with E-state index in [1.165, 1.54) is 0 Å². The van der Waals surface area contributed by atoms with Crippen molar-refractivity contribution in [2.75, 3.05) is 0 Å². The summed E-state index contributed by atoms with van der Waals surface area (Å²) >= 11 is 0. The minimum absolute atomic E-state index is 0.622. The largest absolute Gasteiger partial charge is 0.324 e. The van der Waals surface area contributed by atoms with Gasteiger partial charge in [0.1, 0.15) is 12.0 Å². The van der Waals surface area contributed by atoms with Crippen molar-refractivity contribution in [1.82, 2.24) is 39.3 Å². The molecule has 24 heavy (non-hydrogen) atoms. The van der Waals surface area contributed by atoms with Gasteiger partial charge >= 0.3 is 0 Å². The van der Waals surface area contributed by atoms with Crippen molar-refractivity contribution in [2.45, 2.75) is 6.54 Å². The Labute approximate surface area is 135 Å². The van der Waals surface area contributed by atoms with Crippen molar-refractivity contribution in [3.63, 3.8) is 0 Å². The molecule has 8 nitrogen and oxygen atoms in total. The van der Waals surface area contributed by atoms with Crippen molar-refractivity contribution >= 4 is 16.7 Å². The summed E-state index contributed by atoms with van der Waals surface area (Å²) in [6.45, 7) is 0.622. The summed E-state index contributed by atoms with van der Waals surface area (Å²) in [5.74, 6) is 0.808. The summed E-state index contributed by atoms with van der Waals surface area (Å²) in [5, 5.41) is 12.5. The molecular weight excluding hydrogens is 304 g/mol. The average Bonchev–Trinajstić information content (AvgIpc) is 3.33. The first-order valence-electron chi connectivity index (χ1n) is 7.48. The smallest absolute Gasteiger partial charge is 0.181 e. The van der Waals surface area contributed by atoms with E-state index < -0.39 is 0 Å². The van der Waals surface area contributed by atoms with Gasteiger partial charge in [-0.2, -0.15) is 10.2 Å². The van der Waals surface area contributed by atoms with Crippen LogP contribution in [-0.4, -0.2) is 39.3 Å². The van der Waals surface area contributed by atoms with E-state index in [-0.39, 0.29) is 0 Å². The highest BCUT2D eigenvalue weighted by molar-refractivity contribution is 5.88. The first-order chi connectivity index (χ1) is 11.9. The Hall–Kier alpha value is -3.55. The van der Waals surface area contributed by atoms with Gasteiger partial charge in [0.25, 0.3) is 0 Å². The molecule has 0 aliphatic carbocycles. The fourth-order valence-electron chi connectivity index (χ4n) is 2.88. The highest BCUT2D eigenvalue weighted by Gasteiger charge is 2.14. The minimum atomic E-state index is 0.622. The molecule has 5 rings (SSSR count). The number of pyridine rings is 2. The van der Waals surface area contributed by atoms with Crippen LogP contribution < -0.4 is 0 Å². The molecule has 0 saturated heterocycles. The van der Waals surface area contributed by atoms with E-state index in [9.17, 15) is 0 Å². The number of fused-ring (bicyclic) bond motifs is 2. The molecule has 0 radical (unpaired) electrons. The van der Waals surface area contributed by atoms with Crippen LogP contribution in [-0.2, 0) is 6.54 Å². The normalized spacial score (nSPS) is 11.5. The molecule has 0 saturated carbocycles. The van der Waals surface area contributed by atoms with Gasteiger partial charge in [-0.3, -0.25) is 5.10 Å². The Morgan fingerprint density at radius 2 is 2.00 bits per heavy atom. The van der Waals surface area contributed by atoms with Crippen LogP contribution in [0.4, 0.5) is 0 Å². The lowest BCUT2D eigenvalue weighted by Gasteiger charge is -2.08. The van der Waals surface area contributed by atoms with Crippen LogP contribution in [0.1, 0.15) is 5.69 Å². The second-order valence-corrected chi connectivity index (χ2v) is 5.40. The molecule has 0 aromatic carbocycles. The summed E-state index contributed by atoms with van der Waals surface area (Å²) in [4.78, 5) is 13.0. The van der Waals surface area contributed by atoms with Gasteiger partial charge in [0.15, 0.2) is 17.1 Å². The van der Waals surface area contributed by atoms with Gasteiger partial charge in [-0.25, -0.2) is 19.5 Å². The van der Waals surface area contributed by atoms with Crippen LogP contribution in [0, 0.1) is 0 Å². The van der Waals surface area contributed by atoms with E-state index in [1.54, 1.807) is 18.7 Å². The molecule has 0 bridgehead atoms. The summed E-state index contributed by atoms with van der Waals surface area (Å²) in [6, 6.07) is 9.81. The topological polar surface area (TPSA) is 89.6 Å². The summed E-state index contributed by atoms with van der Waals surface area (Å²) < 4.78 is 3.88. The highest BCUT2D eigenvalue weighted by atomic mass is 15.3. The third kappa shape index (κ3) is 1.89. The lowest BCUT2D eigenvalue weighted by Crippen LogP contribution is -2.06. The molecule has 0 fully saturated rings. The average molecular weight is 316 g/mol. The zero-order valence-electron chi connectivity index (χ0n) is 12.5. The Morgan fingerprint density at radius 3 is 3.00 bits per heavy atom. The number of aromatic amines is 1. The van der Waals surface area contributed by atoms with Crippen LogP contribution in [0.5, 0.6) is 0 Å². The first kappa shape index (κ1) is 12.9. The summed E-state index contributed by atoms with van der Waals surface area (Å²) in [6.07, 6.45) is 7.00. The number of H-pyrrole nitrogens is 1. The number of aromatic nitrogens is 8. The van der Waals surface area contributed by atoms with Gasteiger partial charge in [-0.05, 0) is 24.3 Å². The molecule has 1 N–H and O–H groups in total. The minimum Gasteiger partial charge on any atom is -0.324 e. The molecule has 116 valence electrons. The maximum absolute atomic E-state index is 4.49. The van der Waals surface area contributed by atoms with Crippen LogP contribution in [0.15, 0.2) is 55.2 Å². The van der Waals surface area contributed by atoms with Gasteiger partial charge in [-0.15, -0.1) is 0 Å². The molecule has 0 aliphatic rings. The van der Waals surface area contributed by atoms with E-state index >= 15 is 0 Å². The molecule has 5 aromatic heterocycles. The number of hydrogen-bond acceptors (Lipinski definition) is 5. The third-order valence-corrected chi connectivity index (χ3v) is 3.98. The zero-order valence-corrected chi connectivity index (χ0v) is 12.5. The van der Waals surface area contributed by atoms with E-state index in [0.29, 0.717) is 12.2 Å². The molecule has 5 aromatic rings. The van der Waals surface area contributed by atoms with Gasteiger partial charge in [0.05, 0.1) is 12.2 Å². The van der Waals surface area contributed by atoms with Crippen LogP contribution in [0.3, 0.4) is 0 Å². The summed E-state index contributed by atoms with van der Waals surface area (Å²) in [7, 11) is 0. The molecule has 0 spiro atoms. The summed E-state index contributed by atoms with van der Waals surface area (Å²) in [5.41, 5.74) is 3.38. The molecule has 5 heterocycles. The van der Waals surface area contributed by atoms with E-state index in [0.717, 1.165) is 28.2 Å². The Morgan fingerprint density at radius 1 is 1.00 bits per heavy atom. The van der Waals surface area contributed by atoms with Crippen LogP contribution >= 0.6 is 0 Å². The van der Waals surface area contributed by atoms with Gasteiger partial charge < -0.3 is 4.57 Å². The first-order valence-corrected chi connectivity index (χ1v) is 7.48. The van der Waals surface area contributed by atoms with Crippen LogP contribution in [0.2, 0.25) is 0 Å². The molecule has 0 amide bonds. The van der Waals surface area contributed by atoms with Crippen molar-refractivity contribution in [3.8, 4) is 11.5 Å². The lowest BCUT2D eigenvalue weighted by atomic mass is 10.2. The predicted molar refractivity (Wildman–Crippen MR) is 87.2 cm³/mol. The standard InChI is InChI=1S/C16H12N8/c1-3-11(24-13(5-1)19-10-20-24)9-23-8-7-18-16(23)14-12-4-2-6-17-15(12)22-21-14/h1-8,10H,9H2,(H,17,21,22). The quantitative estimate of drug-likeness (QED) is 0.549. The van der Waals surface area contributed by atoms with Gasteiger partial charge in [-0.1, -0.05) is 6.07 Å². The van der Waals surface area contributed by atoms with Crippen molar-refractivity contribution in [2.24, 2.45) is 0 Å². The van der Waals surface area contributed by atoms with E-state index in [1.807, 2.05) is 41.0 Å². The van der Waals surface area contributed by atoms with Crippen molar-refractivity contribution in [1.29, 1.82) is 0 Å². The van der Waals surface area contributed by atoms with Crippen molar-refractivity contribution in [3.05, 3.63) is 60.9 Å². The molecule has 0 atom stereocenters. The fraction of sp³-hybridized carbons (Fsp3) is 0.0625. The maximum Gasteiger partial charge on any atom is 0.181 e. The fourth-order valence-corrected chi connectivity index (χ4v) is 2.88. The lowest BCUT2D eigenvalue weighted by molar-refractivity contribution is 0.739. The van der Waals surface area contributed by atoms with Gasteiger partial charge in [0.2, 0.25) is 0 Å². The Bertz CT molecular complexity index is 1150. The number of nitrogens with zero attached hydrogens (tertiary/aromatic N) is 7. The Kier molecular flexibility index (Phi) is 2.69. The zero-order chi connectivity index (χ0) is 15.9. The maximum atomic E-state index is 4.49. The molecule has 0 unspecified atom stereocenters. The Balaban J connectivity index is 1.62. The SMILES string of the molecule is c1cnc2n[nH]c(-c3nccn3Cc3cccc4ncnn34)c2c1. The highest BCUT2D eigenvalue weighted by Crippen LogP contribution is 2.24. The van der Waals surface area contributed by atoms with E-state index in [4.69, 9.17) is 0 Å².